The maximum absolute atomic E-state index is 12.4. The van der Waals surface area contributed by atoms with Crippen molar-refractivity contribution >= 4 is 17.7 Å². The third kappa shape index (κ3) is 3.82. The van der Waals surface area contributed by atoms with Crippen molar-refractivity contribution in [3.05, 3.63) is 77.0 Å². The number of nitrogens with two attached hydrogens (primary N) is 1. The molecule has 0 bridgehead atoms. The Morgan fingerprint density at radius 2 is 1.85 bits per heavy atom. The summed E-state index contributed by atoms with van der Waals surface area (Å²) in [7, 11) is 1.28. The molecule has 0 aliphatic heterocycles. The Hall–Kier alpha value is -3.61. The number of benzene rings is 2. The Kier molecular flexibility index (Phi) is 5.21. The highest BCUT2D eigenvalue weighted by Crippen LogP contribution is 2.18. The maximum atomic E-state index is 12.4. The molecule has 0 saturated heterocycles. The van der Waals surface area contributed by atoms with Gasteiger partial charge in [0.05, 0.1) is 19.0 Å². The predicted octanol–water partition coefficient (Wildman–Crippen LogP) is 2.48. The number of hydrogen-bond donors (Lipinski definition) is 2. The Morgan fingerprint density at radius 3 is 2.52 bits per heavy atom. The topological polar surface area (TPSA) is 99.2 Å². The molecule has 0 radical (unpaired) electrons. The molecule has 138 valence electrons. The highest BCUT2D eigenvalue weighted by atomic mass is 16.5. The summed E-state index contributed by atoms with van der Waals surface area (Å²) in [5.74, 6) is -0.543. The van der Waals surface area contributed by atoms with E-state index in [1.54, 1.807) is 24.3 Å². The Labute approximate surface area is 156 Å². The van der Waals surface area contributed by atoms with Gasteiger partial charge in [0, 0.05) is 12.1 Å². The third-order valence-electron chi connectivity index (χ3n) is 4.29. The number of methoxy groups -OCH3 is 1. The van der Waals surface area contributed by atoms with Gasteiger partial charge in [0.25, 0.3) is 5.91 Å². The standard InChI is InChI=1S/C20H20N4O3/c1-13-5-3-4-6-15(13)11-22-19(25)14-7-9-16(10-8-14)24-18(21)17(12-23-24)20(26)27-2/h3-10,12H,11,21H2,1-2H3,(H,22,25). The van der Waals surface area contributed by atoms with Crippen LogP contribution in [0.25, 0.3) is 5.69 Å². The van der Waals surface area contributed by atoms with Crippen LogP contribution in [0.1, 0.15) is 31.8 Å². The largest absolute Gasteiger partial charge is 0.465 e. The lowest BCUT2D eigenvalue weighted by molar-refractivity contribution is 0.0601. The third-order valence-corrected chi connectivity index (χ3v) is 4.29. The van der Waals surface area contributed by atoms with E-state index in [4.69, 9.17) is 5.73 Å². The van der Waals surface area contributed by atoms with E-state index in [-0.39, 0.29) is 17.3 Å². The number of nitrogens with one attached hydrogen (secondary N) is 1. The van der Waals surface area contributed by atoms with Gasteiger partial charge in [0.1, 0.15) is 11.4 Å². The Balaban J connectivity index is 1.72. The zero-order valence-electron chi connectivity index (χ0n) is 15.1. The normalized spacial score (nSPS) is 10.4. The number of esters is 1. The molecule has 0 saturated carbocycles. The summed E-state index contributed by atoms with van der Waals surface area (Å²) in [4.78, 5) is 24.0. The number of carbonyl (C=O) groups is 2. The number of aryl methyl sites for hydroxylation is 1. The SMILES string of the molecule is COC(=O)c1cnn(-c2ccc(C(=O)NCc3ccccc3C)cc2)c1N. The van der Waals surface area contributed by atoms with Crippen LogP contribution in [-0.4, -0.2) is 28.8 Å². The van der Waals surface area contributed by atoms with Gasteiger partial charge < -0.3 is 15.8 Å². The van der Waals surface area contributed by atoms with Crippen LogP contribution in [0, 0.1) is 6.92 Å². The van der Waals surface area contributed by atoms with Crippen molar-refractivity contribution in [3.63, 3.8) is 0 Å². The fourth-order valence-corrected chi connectivity index (χ4v) is 2.67. The first-order valence-electron chi connectivity index (χ1n) is 8.36. The van der Waals surface area contributed by atoms with E-state index < -0.39 is 5.97 Å². The summed E-state index contributed by atoms with van der Waals surface area (Å²) in [6.45, 7) is 2.47. The first kappa shape index (κ1) is 18.2. The van der Waals surface area contributed by atoms with Crippen LogP contribution < -0.4 is 11.1 Å². The van der Waals surface area contributed by atoms with Gasteiger partial charge >= 0.3 is 5.97 Å². The van der Waals surface area contributed by atoms with E-state index >= 15 is 0 Å². The van der Waals surface area contributed by atoms with Gasteiger partial charge in [-0.2, -0.15) is 5.10 Å². The molecule has 7 nitrogen and oxygen atoms in total. The molecule has 3 N–H and O–H groups in total. The van der Waals surface area contributed by atoms with Gasteiger partial charge in [0.2, 0.25) is 0 Å². The lowest BCUT2D eigenvalue weighted by Crippen LogP contribution is -2.23. The molecule has 0 spiro atoms. The summed E-state index contributed by atoms with van der Waals surface area (Å²) in [6.07, 6.45) is 1.35. The van der Waals surface area contributed by atoms with Crippen LogP contribution in [0.3, 0.4) is 0 Å². The van der Waals surface area contributed by atoms with Gasteiger partial charge in [-0.15, -0.1) is 0 Å². The van der Waals surface area contributed by atoms with Gasteiger partial charge in [-0.25, -0.2) is 9.48 Å². The summed E-state index contributed by atoms with van der Waals surface area (Å²) in [5.41, 5.74) is 9.51. The number of nitrogens with zero attached hydrogens (tertiary/aromatic N) is 2. The van der Waals surface area contributed by atoms with Crippen molar-refractivity contribution in [2.75, 3.05) is 12.8 Å². The molecule has 0 unspecified atom stereocenters. The number of nitrogen functional groups attached to an aromatic ring is 1. The second-order valence-electron chi connectivity index (χ2n) is 6.00. The van der Waals surface area contributed by atoms with Crippen molar-refractivity contribution in [1.82, 2.24) is 15.1 Å². The Morgan fingerprint density at radius 1 is 1.15 bits per heavy atom. The van der Waals surface area contributed by atoms with Crippen LogP contribution in [0.15, 0.2) is 54.7 Å². The molecular formula is C20H20N4O3. The maximum Gasteiger partial charge on any atom is 0.343 e. The highest BCUT2D eigenvalue weighted by molar-refractivity contribution is 5.95. The van der Waals surface area contributed by atoms with E-state index in [2.05, 4.69) is 15.2 Å². The molecule has 7 heteroatoms. The zero-order chi connectivity index (χ0) is 19.4. The average Bonchev–Trinajstić information content (AvgIpc) is 3.08. The zero-order valence-corrected chi connectivity index (χ0v) is 15.1. The highest BCUT2D eigenvalue weighted by Gasteiger charge is 2.16. The van der Waals surface area contributed by atoms with E-state index in [9.17, 15) is 9.59 Å². The second-order valence-corrected chi connectivity index (χ2v) is 6.00. The minimum atomic E-state index is -0.550. The molecule has 1 amide bonds. The number of ether oxygens (including phenoxy) is 1. The number of amides is 1. The second kappa shape index (κ2) is 7.74. The van der Waals surface area contributed by atoms with E-state index in [1.165, 1.54) is 18.0 Å². The monoisotopic (exact) mass is 364 g/mol. The summed E-state index contributed by atoms with van der Waals surface area (Å²) in [5, 5.41) is 7.01. The molecule has 0 atom stereocenters. The molecule has 0 aliphatic rings. The molecule has 3 aromatic rings. The van der Waals surface area contributed by atoms with Crippen LogP contribution in [0.5, 0.6) is 0 Å². The minimum Gasteiger partial charge on any atom is -0.465 e. The quantitative estimate of drug-likeness (QED) is 0.678. The van der Waals surface area contributed by atoms with Crippen LogP contribution in [0.2, 0.25) is 0 Å². The van der Waals surface area contributed by atoms with Crippen LogP contribution >= 0.6 is 0 Å². The average molecular weight is 364 g/mol. The lowest BCUT2D eigenvalue weighted by Gasteiger charge is -2.09. The summed E-state index contributed by atoms with van der Waals surface area (Å²) >= 11 is 0. The van der Waals surface area contributed by atoms with Crippen LogP contribution in [-0.2, 0) is 11.3 Å². The Bertz CT molecular complexity index is 977. The molecule has 1 heterocycles. The minimum absolute atomic E-state index is 0.173. The molecule has 27 heavy (non-hydrogen) atoms. The van der Waals surface area contributed by atoms with E-state index in [0.29, 0.717) is 17.8 Å². The summed E-state index contributed by atoms with van der Waals surface area (Å²) in [6, 6.07) is 14.7. The van der Waals surface area contributed by atoms with Crippen molar-refractivity contribution < 1.29 is 14.3 Å². The molecule has 3 rings (SSSR count). The van der Waals surface area contributed by atoms with Gasteiger partial charge in [-0.05, 0) is 42.3 Å². The van der Waals surface area contributed by atoms with Gasteiger partial charge in [-0.1, -0.05) is 24.3 Å². The smallest absolute Gasteiger partial charge is 0.343 e. The molecular weight excluding hydrogens is 344 g/mol. The predicted molar refractivity (Wildman–Crippen MR) is 102 cm³/mol. The van der Waals surface area contributed by atoms with Crippen molar-refractivity contribution in [2.45, 2.75) is 13.5 Å². The molecule has 0 fully saturated rings. The first-order valence-corrected chi connectivity index (χ1v) is 8.36. The van der Waals surface area contributed by atoms with Crippen molar-refractivity contribution in [3.8, 4) is 5.69 Å². The fraction of sp³-hybridized carbons (Fsp3) is 0.150. The van der Waals surface area contributed by atoms with Crippen LogP contribution in [0.4, 0.5) is 5.82 Å². The fourth-order valence-electron chi connectivity index (χ4n) is 2.67. The number of rotatable bonds is 5. The number of hydrogen-bond acceptors (Lipinski definition) is 5. The van der Waals surface area contributed by atoms with Crippen molar-refractivity contribution in [2.24, 2.45) is 0 Å². The van der Waals surface area contributed by atoms with E-state index in [1.807, 2.05) is 31.2 Å². The summed E-state index contributed by atoms with van der Waals surface area (Å²) < 4.78 is 6.08. The first-order chi connectivity index (χ1) is 13.0. The van der Waals surface area contributed by atoms with Crippen molar-refractivity contribution in [1.29, 1.82) is 0 Å². The molecule has 0 aliphatic carbocycles. The number of anilines is 1. The molecule has 1 aromatic heterocycles. The van der Waals surface area contributed by atoms with Gasteiger partial charge in [0.15, 0.2) is 0 Å². The number of aromatic nitrogens is 2. The number of carbonyl (C=O) groups excluding carboxylic acids is 2. The molecule has 2 aromatic carbocycles. The lowest BCUT2D eigenvalue weighted by atomic mass is 10.1. The van der Waals surface area contributed by atoms with E-state index in [0.717, 1.165) is 11.1 Å². The van der Waals surface area contributed by atoms with Gasteiger partial charge in [-0.3, -0.25) is 4.79 Å².